The molecule has 0 spiro atoms. The molecule has 2 unspecified atom stereocenters. The van der Waals surface area contributed by atoms with Gasteiger partial charge in [0.25, 0.3) is 5.91 Å². The van der Waals surface area contributed by atoms with Gasteiger partial charge in [0.05, 0.1) is 12.6 Å². The molecule has 0 radical (unpaired) electrons. The lowest BCUT2D eigenvalue weighted by Crippen LogP contribution is -2.45. The lowest BCUT2D eigenvalue weighted by Gasteiger charge is -2.21. The summed E-state index contributed by atoms with van der Waals surface area (Å²) in [5, 5.41) is 11.7. The average Bonchev–Trinajstić information content (AvgIpc) is 3.24. The van der Waals surface area contributed by atoms with E-state index in [1.165, 1.54) is 18.1 Å². The van der Waals surface area contributed by atoms with Gasteiger partial charge in [0, 0.05) is 25.6 Å². The number of likely N-dealkylation sites (tertiary alicyclic amines) is 1. The summed E-state index contributed by atoms with van der Waals surface area (Å²) in [5.41, 5.74) is 0.322. The topological polar surface area (TPSA) is 114 Å². The van der Waals surface area contributed by atoms with E-state index in [0.29, 0.717) is 17.1 Å². The van der Waals surface area contributed by atoms with E-state index in [1.54, 1.807) is 12.1 Å². The van der Waals surface area contributed by atoms with Crippen LogP contribution in [0.3, 0.4) is 0 Å². The van der Waals surface area contributed by atoms with Crippen molar-refractivity contribution in [3.8, 4) is 11.5 Å². The number of carboxylic acids is 1. The Hall–Kier alpha value is -2.81. The number of hydrogen-bond acceptors (Lipinski definition) is 6. The van der Waals surface area contributed by atoms with Crippen LogP contribution in [-0.2, 0) is 14.3 Å². The number of carbonyl (C=O) groups is 3. The van der Waals surface area contributed by atoms with E-state index in [0.717, 1.165) is 0 Å². The van der Waals surface area contributed by atoms with Crippen molar-refractivity contribution in [2.75, 3.05) is 27.0 Å². The van der Waals surface area contributed by atoms with Gasteiger partial charge in [0.2, 0.25) is 12.7 Å². The minimum atomic E-state index is -1.09. The minimum Gasteiger partial charge on any atom is -0.480 e. The number of nitrogens with one attached hydrogen (secondary N) is 1. The monoisotopic (exact) mass is 350 g/mol. The van der Waals surface area contributed by atoms with Crippen LogP contribution in [0, 0.1) is 0 Å². The Morgan fingerprint density at radius 2 is 2.08 bits per heavy atom. The molecule has 2 aliphatic rings. The van der Waals surface area contributed by atoms with Gasteiger partial charge in [-0.1, -0.05) is 0 Å². The van der Waals surface area contributed by atoms with Crippen molar-refractivity contribution in [1.82, 2.24) is 10.2 Å². The molecule has 2 heterocycles. The molecule has 0 bridgehead atoms. The van der Waals surface area contributed by atoms with Crippen molar-refractivity contribution in [3.63, 3.8) is 0 Å². The molecule has 9 nitrogen and oxygen atoms in total. The van der Waals surface area contributed by atoms with Crippen LogP contribution in [0.15, 0.2) is 18.2 Å². The highest BCUT2D eigenvalue weighted by molar-refractivity contribution is 5.97. The molecule has 2 amide bonds. The second-order valence-corrected chi connectivity index (χ2v) is 5.74. The van der Waals surface area contributed by atoms with Gasteiger partial charge < -0.3 is 29.5 Å². The summed E-state index contributed by atoms with van der Waals surface area (Å²) >= 11 is 0. The van der Waals surface area contributed by atoms with Crippen molar-refractivity contribution in [2.45, 2.75) is 18.6 Å². The Labute approximate surface area is 143 Å². The van der Waals surface area contributed by atoms with E-state index in [4.69, 9.17) is 14.2 Å². The fourth-order valence-electron chi connectivity index (χ4n) is 2.88. The molecular formula is C16H18N2O7. The molecule has 1 aromatic rings. The zero-order chi connectivity index (χ0) is 18.0. The number of carbonyl (C=O) groups excluding carboxylic acids is 2. The number of carboxylic acid groups (broad SMARTS) is 1. The second kappa shape index (κ2) is 6.98. The second-order valence-electron chi connectivity index (χ2n) is 5.74. The first-order valence-electron chi connectivity index (χ1n) is 7.72. The maximum absolute atomic E-state index is 12.3. The number of nitrogens with zero attached hydrogens (tertiary/aromatic N) is 1. The van der Waals surface area contributed by atoms with Gasteiger partial charge >= 0.3 is 5.97 Å². The number of amides is 2. The summed E-state index contributed by atoms with van der Waals surface area (Å²) in [7, 11) is 1.47. The van der Waals surface area contributed by atoms with Gasteiger partial charge in [-0.3, -0.25) is 9.59 Å². The van der Waals surface area contributed by atoms with Crippen LogP contribution in [0.1, 0.15) is 16.8 Å². The van der Waals surface area contributed by atoms with Gasteiger partial charge in [0.15, 0.2) is 11.5 Å². The van der Waals surface area contributed by atoms with E-state index in [1.807, 2.05) is 0 Å². The maximum Gasteiger partial charge on any atom is 0.326 e. The molecule has 0 aromatic heterocycles. The van der Waals surface area contributed by atoms with Gasteiger partial charge in [0.1, 0.15) is 6.04 Å². The highest BCUT2D eigenvalue weighted by Crippen LogP contribution is 2.32. The molecule has 0 saturated carbocycles. The summed E-state index contributed by atoms with van der Waals surface area (Å²) in [5.74, 6) is -0.996. The molecule has 2 N–H and O–H groups in total. The molecule has 3 rings (SSSR count). The first kappa shape index (κ1) is 17.0. The fraction of sp³-hybridized carbons (Fsp3) is 0.438. The summed E-state index contributed by atoms with van der Waals surface area (Å²) in [6, 6.07) is 3.76. The molecule has 2 atom stereocenters. The number of methoxy groups -OCH3 is 1. The van der Waals surface area contributed by atoms with Gasteiger partial charge in [-0.2, -0.15) is 0 Å². The third-order valence-corrected chi connectivity index (χ3v) is 4.24. The quantitative estimate of drug-likeness (QED) is 0.759. The molecule has 1 aromatic carbocycles. The first-order chi connectivity index (χ1) is 12.0. The first-order valence-corrected chi connectivity index (χ1v) is 7.72. The summed E-state index contributed by atoms with van der Waals surface area (Å²) in [6.45, 7) is -0.00915. The Morgan fingerprint density at radius 1 is 1.32 bits per heavy atom. The Balaban J connectivity index is 1.60. The van der Waals surface area contributed by atoms with Crippen molar-refractivity contribution in [1.29, 1.82) is 0 Å². The predicted molar refractivity (Wildman–Crippen MR) is 83.4 cm³/mol. The van der Waals surface area contributed by atoms with Crippen molar-refractivity contribution in [3.05, 3.63) is 23.8 Å². The Kier molecular flexibility index (Phi) is 4.75. The van der Waals surface area contributed by atoms with Gasteiger partial charge in [-0.05, 0) is 18.2 Å². The van der Waals surface area contributed by atoms with Crippen molar-refractivity contribution in [2.24, 2.45) is 0 Å². The van der Waals surface area contributed by atoms with Crippen molar-refractivity contribution < 1.29 is 33.7 Å². The molecule has 1 fully saturated rings. The van der Waals surface area contributed by atoms with Crippen LogP contribution < -0.4 is 14.8 Å². The summed E-state index contributed by atoms with van der Waals surface area (Å²) in [6.07, 6.45) is -0.0946. The summed E-state index contributed by atoms with van der Waals surface area (Å²) in [4.78, 5) is 37.0. The Bertz CT molecular complexity index is 706. The van der Waals surface area contributed by atoms with Crippen molar-refractivity contribution >= 4 is 17.8 Å². The largest absolute Gasteiger partial charge is 0.480 e. The highest BCUT2D eigenvalue weighted by atomic mass is 16.7. The number of hydrogen-bond donors (Lipinski definition) is 2. The maximum atomic E-state index is 12.3. The third-order valence-electron chi connectivity index (χ3n) is 4.24. The molecule has 0 aliphatic carbocycles. The molecule has 25 heavy (non-hydrogen) atoms. The standard InChI is InChI=1S/C16H18N2O7/c1-23-10-5-11(16(21)22)18(7-10)14(19)6-17-15(20)9-2-3-12-13(4-9)25-8-24-12/h2-4,10-11H,5-8H2,1H3,(H,17,20)(H,21,22). The lowest BCUT2D eigenvalue weighted by atomic mass is 10.2. The SMILES string of the molecule is COC1CC(C(=O)O)N(C(=O)CNC(=O)c2ccc3c(c2)OCO3)C1. The molecule has 9 heteroatoms. The van der Waals surface area contributed by atoms with Crippen LogP contribution in [0.4, 0.5) is 0 Å². The van der Waals surface area contributed by atoms with Crippen LogP contribution in [0.2, 0.25) is 0 Å². The number of benzene rings is 1. The minimum absolute atomic E-state index is 0.102. The van der Waals surface area contributed by atoms with E-state index in [2.05, 4.69) is 5.32 Å². The van der Waals surface area contributed by atoms with E-state index < -0.39 is 23.8 Å². The lowest BCUT2D eigenvalue weighted by molar-refractivity contribution is -0.147. The van der Waals surface area contributed by atoms with Crippen LogP contribution in [0.25, 0.3) is 0 Å². The van der Waals surface area contributed by atoms with Gasteiger partial charge in [-0.25, -0.2) is 4.79 Å². The summed E-state index contributed by atoms with van der Waals surface area (Å²) < 4.78 is 15.5. The number of fused-ring (bicyclic) bond motifs is 1. The van der Waals surface area contributed by atoms with E-state index in [-0.39, 0.29) is 32.4 Å². The smallest absolute Gasteiger partial charge is 0.326 e. The number of ether oxygens (including phenoxy) is 3. The number of rotatable bonds is 5. The molecule has 2 aliphatic heterocycles. The molecule has 1 saturated heterocycles. The van der Waals surface area contributed by atoms with Crippen LogP contribution >= 0.6 is 0 Å². The fourth-order valence-corrected chi connectivity index (χ4v) is 2.88. The average molecular weight is 350 g/mol. The van der Waals surface area contributed by atoms with Gasteiger partial charge in [-0.15, -0.1) is 0 Å². The van der Waals surface area contributed by atoms with E-state index >= 15 is 0 Å². The zero-order valence-electron chi connectivity index (χ0n) is 13.6. The Morgan fingerprint density at radius 3 is 2.80 bits per heavy atom. The predicted octanol–water partition coefficient (Wildman–Crippen LogP) is -0.154. The van der Waals surface area contributed by atoms with Crippen LogP contribution in [-0.4, -0.2) is 66.9 Å². The molecular weight excluding hydrogens is 332 g/mol. The van der Waals surface area contributed by atoms with Crippen LogP contribution in [0.5, 0.6) is 11.5 Å². The molecule has 134 valence electrons. The van der Waals surface area contributed by atoms with E-state index in [9.17, 15) is 19.5 Å². The number of aliphatic carboxylic acids is 1. The highest BCUT2D eigenvalue weighted by Gasteiger charge is 2.39. The zero-order valence-corrected chi connectivity index (χ0v) is 13.6. The third kappa shape index (κ3) is 3.50. The normalized spacial score (nSPS) is 21.2.